The number of hydrogen-bond acceptors (Lipinski definition) is 6. The van der Waals surface area contributed by atoms with Crippen LogP contribution < -0.4 is 10.6 Å². The number of rotatable bonds is 5. The van der Waals surface area contributed by atoms with Gasteiger partial charge in [0.05, 0.1) is 6.61 Å². The van der Waals surface area contributed by atoms with Crippen molar-refractivity contribution in [3.8, 4) is 0 Å². The molecule has 1 aromatic rings. The molecule has 0 aliphatic carbocycles. The van der Waals surface area contributed by atoms with E-state index in [4.69, 9.17) is 4.74 Å². The number of carbonyl (C=O) groups is 1. The standard InChI is InChI=1S/C11H18N4O2S/c1-17-8-11(3-2-4-12-6-11)7-13-10(16)9-5-18-15-14-9/h5,12H,2-4,6-8H2,1H3,(H,13,16). The van der Waals surface area contributed by atoms with Gasteiger partial charge in [0.1, 0.15) is 0 Å². The molecule has 7 heteroatoms. The number of methoxy groups -OCH3 is 1. The quantitative estimate of drug-likeness (QED) is 0.804. The fraction of sp³-hybridized carbons (Fsp3) is 0.727. The number of piperidine rings is 1. The molecule has 6 nitrogen and oxygen atoms in total. The van der Waals surface area contributed by atoms with Crippen molar-refractivity contribution < 1.29 is 9.53 Å². The van der Waals surface area contributed by atoms with Crippen LogP contribution in [0.3, 0.4) is 0 Å². The zero-order valence-corrected chi connectivity index (χ0v) is 11.3. The molecule has 0 radical (unpaired) electrons. The molecule has 2 heterocycles. The highest BCUT2D eigenvalue weighted by Gasteiger charge is 2.32. The first kappa shape index (κ1) is 13.4. The second-order valence-electron chi connectivity index (χ2n) is 4.69. The molecule has 1 aliphatic heterocycles. The van der Waals surface area contributed by atoms with Crippen LogP contribution in [0.15, 0.2) is 5.38 Å². The van der Waals surface area contributed by atoms with Crippen molar-refractivity contribution >= 4 is 17.4 Å². The van der Waals surface area contributed by atoms with Crippen LogP contribution in [0.5, 0.6) is 0 Å². The van der Waals surface area contributed by atoms with Gasteiger partial charge in [0.15, 0.2) is 5.69 Å². The van der Waals surface area contributed by atoms with Crippen molar-refractivity contribution in [2.24, 2.45) is 5.41 Å². The zero-order valence-electron chi connectivity index (χ0n) is 10.4. The summed E-state index contributed by atoms with van der Waals surface area (Å²) in [6.45, 7) is 3.16. The Balaban J connectivity index is 1.91. The average molecular weight is 270 g/mol. The smallest absolute Gasteiger partial charge is 0.272 e. The Hall–Kier alpha value is -1.05. The number of aromatic nitrogens is 2. The number of ether oxygens (including phenoxy) is 1. The second kappa shape index (κ2) is 6.21. The van der Waals surface area contributed by atoms with E-state index in [-0.39, 0.29) is 11.3 Å². The van der Waals surface area contributed by atoms with Gasteiger partial charge < -0.3 is 15.4 Å². The molecule has 0 bridgehead atoms. The first-order valence-electron chi connectivity index (χ1n) is 6.01. The second-order valence-corrected chi connectivity index (χ2v) is 5.30. The van der Waals surface area contributed by atoms with E-state index in [0.29, 0.717) is 18.8 Å². The van der Waals surface area contributed by atoms with Gasteiger partial charge in [0.25, 0.3) is 5.91 Å². The van der Waals surface area contributed by atoms with E-state index in [1.807, 2.05) is 0 Å². The van der Waals surface area contributed by atoms with Gasteiger partial charge in [-0.1, -0.05) is 4.49 Å². The summed E-state index contributed by atoms with van der Waals surface area (Å²) in [7, 11) is 1.70. The predicted molar refractivity (Wildman–Crippen MR) is 68.7 cm³/mol. The van der Waals surface area contributed by atoms with E-state index in [2.05, 4.69) is 20.2 Å². The lowest BCUT2D eigenvalue weighted by Crippen LogP contribution is -2.50. The van der Waals surface area contributed by atoms with E-state index >= 15 is 0 Å². The van der Waals surface area contributed by atoms with E-state index in [1.54, 1.807) is 12.5 Å². The Bertz CT molecular complexity index is 371. The number of hydrogen-bond donors (Lipinski definition) is 2. The van der Waals surface area contributed by atoms with Crippen LogP contribution in [0, 0.1) is 5.41 Å². The summed E-state index contributed by atoms with van der Waals surface area (Å²) in [5, 5.41) is 11.7. The molecule has 1 saturated heterocycles. The lowest BCUT2D eigenvalue weighted by atomic mass is 9.81. The minimum atomic E-state index is -0.162. The SMILES string of the molecule is COCC1(CNC(=O)c2csnn2)CCCNC1. The maximum atomic E-state index is 11.8. The first-order chi connectivity index (χ1) is 8.76. The Kier molecular flexibility index (Phi) is 4.62. The Morgan fingerprint density at radius 2 is 2.61 bits per heavy atom. The van der Waals surface area contributed by atoms with E-state index in [9.17, 15) is 4.79 Å². The van der Waals surface area contributed by atoms with Crippen LogP contribution in [-0.2, 0) is 4.74 Å². The largest absolute Gasteiger partial charge is 0.384 e. The Morgan fingerprint density at radius 1 is 1.72 bits per heavy atom. The summed E-state index contributed by atoms with van der Waals surface area (Å²) in [4.78, 5) is 11.8. The van der Waals surface area contributed by atoms with Gasteiger partial charge in [-0.05, 0) is 30.9 Å². The molecule has 1 unspecified atom stereocenters. The first-order valence-corrected chi connectivity index (χ1v) is 6.84. The average Bonchev–Trinajstić information content (AvgIpc) is 2.91. The van der Waals surface area contributed by atoms with Crippen molar-refractivity contribution in [1.29, 1.82) is 0 Å². The summed E-state index contributed by atoms with van der Waals surface area (Å²) in [5.74, 6) is -0.162. The Labute approximate surface area is 110 Å². The highest BCUT2D eigenvalue weighted by atomic mass is 32.1. The lowest BCUT2D eigenvalue weighted by molar-refractivity contribution is 0.0550. The van der Waals surface area contributed by atoms with Gasteiger partial charge in [-0.25, -0.2) is 0 Å². The van der Waals surface area contributed by atoms with Gasteiger partial charge in [-0.2, -0.15) is 0 Å². The summed E-state index contributed by atoms with van der Waals surface area (Å²) in [5.41, 5.74) is 0.378. The van der Waals surface area contributed by atoms with Crippen LogP contribution >= 0.6 is 11.5 Å². The molecular weight excluding hydrogens is 252 g/mol. The fourth-order valence-electron chi connectivity index (χ4n) is 2.28. The van der Waals surface area contributed by atoms with E-state index < -0.39 is 0 Å². The number of nitrogens with zero attached hydrogens (tertiary/aromatic N) is 2. The minimum absolute atomic E-state index is 0.00783. The molecule has 0 spiro atoms. The van der Waals surface area contributed by atoms with Gasteiger partial charge in [0.2, 0.25) is 0 Å². The molecule has 1 fully saturated rings. The molecule has 1 aliphatic rings. The molecule has 0 aromatic carbocycles. The molecular formula is C11H18N4O2S. The van der Waals surface area contributed by atoms with Crippen LogP contribution in [0.4, 0.5) is 0 Å². The molecule has 1 aromatic heterocycles. The topological polar surface area (TPSA) is 76.1 Å². The number of carbonyl (C=O) groups excluding carboxylic acids is 1. The highest BCUT2D eigenvalue weighted by Crippen LogP contribution is 2.25. The molecule has 0 saturated carbocycles. The van der Waals surface area contributed by atoms with Crippen LogP contribution in [0.1, 0.15) is 23.3 Å². The van der Waals surface area contributed by atoms with E-state index in [1.165, 1.54) is 11.5 Å². The monoisotopic (exact) mass is 270 g/mol. The fourth-order valence-corrected chi connectivity index (χ4v) is 2.72. The maximum Gasteiger partial charge on any atom is 0.272 e. The van der Waals surface area contributed by atoms with Crippen molar-refractivity contribution in [2.45, 2.75) is 12.8 Å². The van der Waals surface area contributed by atoms with Gasteiger partial charge in [-0.15, -0.1) is 5.10 Å². The minimum Gasteiger partial charge on any atom is -0.384 e. The molecule has 1 amide bonds. The van der Waals surface area contributed by atoms with Gasteiger partial charge >= 0.3 is 0 Å². The zero-order chi connectivity index (χ0) is 12.8. The van der Waals surface area contributed by atoms with Crippen molar-refractivity contribution in [3.05, 3.63) is 11.1 Å². The molecule has 2 rings (SSSR count). The summed E-state index contributed by atoms with van der Waals surface area (Å²) >= 11 is 1.18. The van der Waals surface area contributed by atoms with Gasteiger partial charge in [0, 0.05) is 31.0 Å². The van der Waals surface area contributed by atoms with Gasteiger partial charge in [-0.3, -0.25) is 4.79 Å². The predicted octanol–water partition coefficient (Wildman–Crippen LogP) is 0.284. The van der Waals surface area contributed by atoms with Crippen LogP contribution in [0.25, 0.3) is 0 Å². The summed E-state index contributed by atoms with van der Waals surface area (Å²) in [6.07, 6.45) is 2.17. The molecule has 100 valence electrons. The molecule has 2 N–H and O–H groups in total. The van der Waals surface area contributed by atoms with Crippen LogP contribution in [-0.4, -0.2) is 48.8 Å². The number of amides is 1. The highest BCUT2D eigenvalue weighted by molar-refractivity contribution is 7.03. The third kappa shape index (κ3) is 3.24. The maximum absolute atomic E-state index is 11.8. The molecule has 1 atom stereocenters. The Morgan fingerprint density at radius 3 is 3.22 bits per heavy atom. The lowest BCUT2D eigenvalue weighted by Gasteiger charge is -2.37. The third-order valence-corrected chi connectivity index (χ3v) is 3.73. The van der Waals surface area contributed by atoms with Crippen molar-refractivity contribution in [1.82, 2.24) is 20.2 Å². The van der Waals surface area contributed by atoms with Crippen LogP contribution in [0.2, 0.25) is 0 Å². The number of nitrogens with one attached hydrogen (secondary N) is 2. The van der Waals surface area contributed by atoms with Crippen molar-refractivity contribution in [3.63, 3.8) is 0 Å². The van der Waals surface area contributed by atoms with E-state index in [0.717, 1.165) is 25.9 Å². The summed E-state index contributed by atoms with van der Waals surface area (Å²) in [6, 6.07) is 0. The normalized spacial score (nSPS) is 23.8. The molecule has 18 heavy (non-hydrogen) atoms. The third-order valence-electron chi connectivity index (χ3n) is 3.23. The summed E-state index contributed by atoms with van der Waals surface area (Å²) < 4.78 is 8.98. The van der Waals surface area contributed by atoms with Crippen molar-refractivity contribution in [2.75, 3.05) is 33.4 Å².